The highest BCUT2D eigenvalue weighted by atomic mass is 35.5. The number of aliphatic hydroxyl groups is 1. The van der Waals surface area contributed by atoms with Crippen LogP contribution in [0, 0.1) is 0 Å². The molecule has 0 aliphatic carbocycles. The molecule has 30 heavy (non-hydrogen) atoms. The Kier molecular flexibility index (Phi) is 6.95. The van der Waals surface area contributed by atoms with Crippen LogP contribution in [0.1, 0.15) is 64.8 Å². The van der Waals surface area contributed by atoms with E-state index in [-0.39, 0.29) is 12.0 Å². The van der Waals surface area contributed by atoms with Crippen LogP contribution in [-0.2, 0) is 12.0 Å². The Morgan fingerprint density at radius 2 is 1.70 bits per heavy atom. The molecule has 2 heterocycles. The molecule has 3 aromatic rings. The van der Waals surface area contributed by atoms with Crippen molar-refractivity contribution in [1.82, 2.24) is 14.6 Å². The summed E-state index contributed by atoms with van der Waals surface area (Å²) in [5, 5.41) is 20.4. The van der Waals surface area contributed by atoms with Gasteiger partial charge in [-0.15, -0.1) is 10.2 Å². The first-order chi connectivity index (χ1) is 14.2. The minimum absolute atomic E-state index is 0.204. The Hall–Kier alpha value is -1.82. The van der Waals surface area contributed by atoms with E-state index < -0.39 is 5.60 Å². The van der Waals surface area contributed by atoms with Gasteiger partial charge in [0, 0.05) is 17.2 Å². The van der Waals surface area contributed by atoms with E-state index in [1.54, 1.807) is 18.2 Å². The molecule has 0 aliphatic heterocycles. The third-order valence-corrected chi connectivity index (χ3v) is 6.70. The molecule has 2 atom stereocenters. The van der Waals surface area contributed by atoms with Gasteiger partial charge < -0.3 is 9.84 Å². The van der Waals surface area contributed by atoms with E-state index in [1.165, 1.54) is 0 Å². The maximum absolute atomic E-state index is 10.5. The lowest BCUT2D eigenvalue weighted by atomic mass is 9.78. The van der Waals surface area contributed by atoms with E-state index in [0.717, 1.165) is 36.3 Å². The van der Waals surface area contributed by atoms with Crippen LogP contribution in [0.3, 0.4) is 0 Å². The topological polar surface area (TPSA) is 59.7 Å². The van der Waals surface area contributed by atoms with Crippen LogP contribution in [-0.4, -0.2) is 25.3 Å². The highest BCUT2D eigenvalue weighted by Gasteiger charge is 2.33. The lowest BCUT2D eigenvalue weighted by molar-refractivity contribution is 0.0378. The number of pyridine rings is 1. The number of benzene rings is 1. The molecule has 0 saturated carbocycles. The second kappa shape index (κ2) is 9.13. The molecule has 0 amide bonds. The molecular weight excluding hydrogens is 421 g/mol. The summed E-state index contributed by atoms with van der Waals surface area (Å²) in [5.41, 5.74) is 0.762. The molecule has 0 saturated heterocycles. The molecule has 0 bridgehead atoms. The minimum Gasteiger partial charge on any atom is -0.486 e. The molecule has 162 valence electrons. The van der Waals surface area contributed by atoms with Crippen molar-refractivity contribution in [2.24, 2.45) is 0 Å². The van der Waals surface area contributed by atoms with Crippen molar-refractivity contribution < 1.29 is 9.84 Å². The van der Waals surface area contributed by atoms with Gasteiger partial charge in [-0.1, -0.05) is 56.1 Å². The molecule has 2 unspecified atom stereocenters. The molecule has 0 fully saturated rings. The Morgan fingerprint density at radius 3 is 2.33 bits per heavy atom. The maximum Gasteiger partial charge on any atom is 0.167 e. The molecule has 1 aromatic carbocycles. The van der Waals surface area contributed by atoms with Crippen molar-refractivity contribution in [1.29, 1.82) is 0 Å². The van der Waals surface area contributed by atoms with Crippen LogP contribution >= 0.6 is 23.2 Å². The van der Waals surface area contributed by atoms with E-state index >= 15 is 0 Å². The van der Waals surface area contributed by atoms with E-state index in [2.05, 4.69) is 24.0 Å². The van der Waals surface area contributed by atoms with Gasteiger partial charge in [0.25, 0.3) is 0 Å². The summed E-state index contributed by atoms with van der Waals surface area (Å²) in [4.78, 5) is 0. The number of nitrogens with zero attached hydrogens (tertiary/aromatic N) is 3. The first-order valence-electron chi connectivity index (χ1n) is 10.3. The van der Waals surface area contributed by atoms with E-state index in [9.17, 15) is 5.11 Å². The van der Waals surface area contributed by atoms with E-state index in [4.69, 9.17) is 27.9 Å². The molecule has 0 radical (unpaired) electrons. The summed E-state index contributed by atoms with van der Waals surface area (Å²) < 4.78 is 7.94. The van der Waals surface area contributed by atoms with Crippen molar-refractivity contribution in [3.63, 3.8) is 0 Å². The van der Waals surface area contributed by atoms with Gasteiger partial charge in [-0.05, 0) is 50.8 Å². The number of hydrogen-bond donors (Lipinski definition) is 1. The second-order valence-corrected chi connectivity index (χ2v) is 9.17. The quantitative estimate of drug-likeness (QED) is 0.420. The maximum atomic E-state index is 10.5. The van der Waals surface area contributed by atoms with Crippen LogP contribution in [0.25, 0.3) is 5.65 Å². The van der Waals surface area contributed by atoms with Gasteiger partial charge in [0.2, 0.25) is 0 Å². The standard InChI is InChI=1S/C23H29Cl2N3O2/c1-5-22(3,12-13-23(4,29)6-2)21-27-26-20-16(9-8-14-28(20)21)15-30-19-17(24)10-7-11-18(19)25/h7-11,14,29H,5-6,12-13,15H2,1-4H3. The molecular formula is C23H29Cl2N3O2. The fourth-order valence-electron chi connectivity index (χ4n) is 3.43. The number of para-hydroxylation sites is 1. The fraction of sp³-hybridized carbons (Fsp3) is 0.478. The van der Waals surface area contributed by atoms with Crippen molar-refractivity contribution in [3.05, 3.63) is 58.0 Å². The van der Waals surface area contributed by atoms with Crippen LogP contribution in [0.15, 0.2) is 36.5 Å². The minimum atomic E-state index is -0.676. The van der Waals surface area contributed by atoms with Crippen molar-refractivity contribution >= 4 is 28.8 Å². The first-order valence-corrected chi connectivity index (χ1v) is 11.1. The number of halogens is 2. The van der Waals surface area contributed by atoms with Gasteiger partial charge in [0.05, 0.1) is 15.6 Å². The van der Waals surface area contributed by atoms with E-state index in [1.807, 2.05) is 36.6 Å². The van der Waals surface area contributed by atoms with Gasteiger partial charge in [0.15, 0.2) is 11.4 Å². The number of aromatic nitrogens is 3. The molecule has 5 nitrogen and oxygen atoms in total. The normalized spacial score (nSPS) is 15.7. The van der Waals surface area contributed by atoms with Crippen molar-refractivity contribution in [3.8, 4) is 5.75 Å². The zero-order valence-corrected chi connectivity index (χ0v) is 19.5. The molecule has 0 aliphatic rings. The fourth-order valence-corrected chi connectivity index (χ4v) is 3.94. The number of fused-ring (bicyclic) bond motifs is 1. The average molecular weight is 450 g/mol. The van der Waals surface area contributed by atoms with Gasteiger partial charge in [-0.2, -0.15) is 0 Å². The van der Waals surface area contributed by atoms with Crippen molar-refractivity contribution in [2.45, 2.75) is 71.0 Å². The summed E-state index contributed by atoms with van der Waals surface area (Å²) in [5.74, 6) is 1.35. The number of hydrogen-bond acceptors (Lipinski definition) is 4. The summed E-state index contributed by atoms with van der Waals surface area (Å²) in [6.45, 7) is 8.50. The van der Waals surface area contributed by atoms with Gasteiger partial charge >= 0.3 is 0 Å². The molecule has 7 heteroatoms. The summed E-state index contributed by atoms with van der Waals surface area (Å²) in [7, 11) is 0. The first kappa shape index (κ1) is 22.9. The zero-order chi connectivity index (χ0) is 21.9. The van der Waals surface area contributed by atoms with Crippen LogP contribution < -0.4 is 4.74 Å². The highest BCUT2D eigenvalue weighted by Crippen LogP contribution is 2.36. The van der Waals surface area contributed by atoms with E-state index in [0.29, 0.717) is 22.2 Å². The number of ether oxygens (including phenoxy) is 1. The summed E-state index contributed by atoms with van der Waals surface area (Å²) >= 11 is 12.4. The molecule has 3 rings (SSSR count). The predicted octanol–water partition coefficient (Wildman–Crippen LogP) is 6.22. The Labute approximate surface area is 188 Å². The Bertz CT molecular complexity index is 999. The second-order valence-electron chi connectivity index (χ2n) is 8.35. The third kappa shape index (κ3) is 4.74. The van der Waals surface area contributed by atoms with Crippen LogP contribution in [0.5, 0.6) is 5.75 Å². The lowest BCUT2D eigenvalue weighted by Gasteiger charge is -2.30. The largest absolute Gasteiger partial charge is 0.486 e. The monoisotopic (exact) mass is 449 g/mol. The van der Waals surface area contributed by atoms with Crippen LogP contribution in [0.4, 0.5) is 0 Å². The van der Waals surface area contributed by atoms with Gasteiger partial charge in [0.1, 0.15) is 12.4 Å². The predicted molar refractivity (Wildman–Crippen MR) is 122 cm³/mol. The summed E-state index contributed by atoms with van der Waals surface area (Å²) in [6.07, 6.45) is 5.11. The lowest BCUT2D eigenvalue weighted by Crippen LogP contribution is -2.30. The van der Waals surface area contributed by atoms with Crippen LogP contribution in [0.2, 0.25) is 10.0 Å². The Balaban J connectivity index is 1.89. The SMILES string of the molecule is CCC(C)(O)CCC(C)(CC)c1nnc2c(COc3c(Cl)cccc3Cl)cccn12. The summed E-state index contributed by atoms with van der Waals surface area (Å²) in [6, 6.07) is 9.20. The number of rotatable bonds is 9. The Morgan fingerprint density at radius 1 is 1.00 bits per heavy atom. The van der Waals surface area contributed by atoms with Gasteiger partial charge in [-0.25, -0.2) is 0 Å². The highest BCUT2D eigenvalue weighted by molar-refractivity contribution is 6.37. The zero-order valence-electron chi connectivity index (χ0n) is 18.0. The van der Waals surface area contributed by atoms with Gasteiger partial charge in [-0.3, -0.25) is 4.40 Å². The third-order valence-electron chi connectivity index (χ3n) is 6.10. The smallest absolute Gasteiger partial charge is 0.167 e. The average Bonchev–Trinajstić information content (AvgIpc) is 3.17. The molecule has 1 N–H and O–H groups in total. The molecule has 0 spiro atoms. The van der Waals surface area contributed by atoms with Crippen molar-refractivity contribution in [2.75, 3.05) is 0 Å². The molecule has 2 aromatic heterocycles.